The average Bonchev–Trinajstić information content (AvgIpc) is 3.03. The minimum Gasteiger partial charge on any atom is -0.333 e. The van der Waals surface area contributed by atoms with Gasteiger partial charge in [-0.2, -0.15) is 13.2 Å². The standard InChI is InChI=1S/C17H18F5N5O/c1-9-4-10(13(19)7-12(9)18)5-11(23)6-15(28)26-2-3-27-14(8-26)24-25-16(27)17(20,21)22/h4,7,11H,2-3,5-6,8,23H2,1H3. The van der Waals surface area contributed by atoms with Gasteiger partial charge in [-0.3, -0.25) is 4.79 Å². The number of carbonyl (C=O) groups is 1. The van der Waals surface area contributed by atoms with Crippen LogP contribution in [0.1, 0.15) is 29.2 Å². The molecule has 152 valence electrons. The van der Waals surface area contributed by atoms with E-state index >= 15 is 0 Å². The Bertz CT molecular complexity index is 895. The molecule has 1 amide bonds. The van der Waals surface area contributed by atoms with Crippen molar-refractivity contribution in [2.24, 2.45) is 5.73 Å². The molecule has 1 atom stereocenters. The van der Waals surface area contributed by atoms with Crippen LogP contribution in [0.2, 0.25) is 0 Å². The van der Waals surface area contributed by atoms with Gasteiger partial charge in [0.25, 0.3) is 0 Å². The fourth-order valence-electron chi connectivity index (χ4n) is 3.16. The molecule has 1 aromatic heterocycles. The molecule has 6 nitrogen and oxygen atoms in total. The van der Waals surface area contributed by atoms with Gasteiger partial charge in [0, 0.05) is 31.6 Å². The molecule has 1 aliphatic rings. The summed E-state index contributed by atoms with van der Waals surface area (Å²) in [7, 11) is 0. The molecule has 2 heterocycles. The first-order valence-electron chi connectivity index (χ1n) is 8.53. The third kappa shape index (κ3) is 4.13. The Balaban J connectivity index is 1.63. The van der Waals surface area contributed by atoms with E-state index in [0.29, 0.717) is 0 Å². The second kappa shape index (κ2) is 7.46. The number of hydrogen-bond acceptors (Lipinski definition) is 4. The first-order chi connectivity index (χ1) is 13.1. The van der Waals surface area contributed by atoms with Gasteiger partial charge >= 0.3 is 6.18 Å². The van der Waals surface area contributed by atoms with Crippen LogP contribution in [-0.4, -0.2) is 38.2 Å². The maximum absolute atomic E-state index is 13.8. The van der Waals surface area contributed by atoms with E-state index in [9.17, 15) is 26.7 Å². The Kier molecular flexibility index (Phi) is 5.37. The summed E-state index contributed by atoms with van der Waals surface area (Å²) in [5.41, 5.74) is 6.41. The van der Waals surface area contributed by atoms with Crippen LogP contribution in [-0.2, 0) is 30.5 Å². The summed E-state index contributed by atoms with van der Waals surface area (Å²) < 4.78 is 66.7. The molecule has 0 saturated carbocycles. The van der Waals surface area contributed by atoms with Gasteiger partial charge < -0.3 is 15.2 Å². The lowest BCUT2D eigenvalue weighted by Crippen LogP contribution is -2.42. The number of rotatable bonds is 4. The van der Waals surface area contributed by atoms with Crippen molar-refractivity contribution in [1.29, 1.82) is 0 Å². The van der Waals surface area contributed by atoms with E-state index in [1.54, 1.807) is 0 Å². The van der Waals surface area contributed by atoms with Crippen LogP contribution in [0.15, 0.2) is 12.1 Å². The van der Waals surface area contributed by atoms with Crippen LogP contribution in [0, 0.1) is 18.6 Å². The number of nitrogens with two attached hydrogens (primary N) is 1. The van der Waals surface area contributed by atoms with Crippen LogP contribution < -0.4 is 5.73 Å². The quantitative estimate of drug-likeness (QED) is 0.794. The molecule has 0 bridgehead atoms. The SMILES string of the molecule is Cc1cc(CC(N)CC(=O)N2CCn3c(nnc3C(F)(F)F)C2)c(F)cc1F. The molecular weight excluding hydrogens is 385 g/mol. The van der Waals surface area contributed by atoms with E-state index in [1.165, 1.54) is 17.9 Å². The molecule has 2 N–H and O–H groups in total. The molecule has 1 aromatic carbocycles. The highest BCUT2D eigenvalue weighted by Gasteiger charge is 2.39. The summed E-state index contributed by atoms with van der Waals surface area (Å²) >= 11 is 0. The number of carbonyl (C=O) groups excluding carboxylic acids is 1. The van der Waals surface area contributed by atoms with Crippen molar-refractivity contribution in [3.63, 3.8) is 0 Å². The number of benzene rings is 1. The van der Waals surface area contributed by atoms with Gasteiger partial charge in [0.1, 0.15) is 11.6 Å². The number of aryl methyl sites for hydroxylation is 1. The molecule has 11 heteroatoms. The zero-order valence-corrected chi connectivity index (χ0v) is 14.9. The van der Waals surface area contributed by atoms with Crippen molar-refractivity contribution in [2.75, 3.05) is 6.54 Å². The zero-order chi connectivity index (χ0) is 20.6. The summed E-state index contributed by atoms with van der Waals surface area (Å²) in [5.74, 6) is -2.83. The van der Waals surface area contributed by atoms with Gasteiger partial charge in [-0.1, -0.05) is 6.07 Å². The van der Waals surface area contributed by atoms with E-state index in [2.05, 4.69) is 10.2 Å². The van der Waals surface area contributed by atoms with Crippen molar-refractivity contribution in [3.8, 4) is 0 Å². The molecule has 2 aromatic rings. The van der Waals surface area contributed by atoms with Crippen LogP contribution >= 0.6 is 0 Å². The number of halogens is 5. The van der Waals surface area contributed by atoms with E-state index in [1.807, 2.05) is 0 Å². The second-order valence-electron chi connectivity index (χ2n) is 6.77. The monoisotopic (exact) mass is 403 g/mol. The lowest BCUT2D eigenvalue weighted by Gasteiger charge is -2.29. The molecule has 28 heavy (non-hydrogen) atoms. The number of nitrogens with zero attached hydrogens (tertiary/aromatic N) is 4. The minimum absolute atomic E-state index is 0.0287. The van der Waals surface area contributed by atoms with Crippen molar-refractivity contribution >= 4 is 5.91 Å². The van der Waals surface area contributed by atoms with Crippen molar-refractivity contribution in [2.45, 2.75) is 45.1 Å². The fraction of sp³-hybridized carbons (Fsp3) is 0.471. The van der Waals surface area contributed by atoms with Gasteiger partial charge in [-0.05, 0) is 24.5 Å². The van der Waals surface area contributed by atoms with Crippen LogP contribution in [0.4, 0.5) is 22.0 Å². The number of amides is 1. The molecule has 0 spiro atoms. The predicted molar refractivity (Wildman–Crippen MR) is 87.8 cm³/mol. The first-order valence-corrected chi connectivity index (χ1v) is 8.53. The molecule has 3 rings (SSSR count). The molecule has 0 fully saturated rings. The predicted octanol–water partition coefficient (Wildman–Crippen LogP) is 2.19. The summed E-state index contributed by atoms with van der Waals surface area (Å²) in [6.45, 7) is 1.36. The van der Waals surface area contributed by atoms with Crippen LogP contribution in [0.5, 0.6) is 0 Å². The fourth-order valence-corrected chi connectivity index (χ4v) is 3.16. The summed E-state index contributed by atoms with van der Waals surface area (Å²) in [6.07, 6.45) is -4.71. The number of alkyl halides is 3. The topological polar surface area (TPSA) is 77.0 Å². The van der Waals surface area contributed by atoms with Crippen LogP contribution in [0.25, 0.3) is 0 Å². The lowest BCUT2D eigenvalue weighted by atomic mass is 10.0. The highest BCUT2D eigenvalue weighted by molar-refractivity contribution is 5.76. The second-order valence-corrected chi connectivity index (χ2v) is 6.77. The highest BCUT2D eigenvalue weighted by atomic mass is 19.4. The maximum atomic E-state index is 13.8. The van der Waals surface area contributed by atoms with Crippen LogP contribution in [0.3, 0.4) is 0 Å². The summed E-state index contributed by atoms with van der Waals surface area (Å²) in [6, 6.07) is 1.39. The largest absolute Gasteiger partial charge is 0.451 e. The van der Waals surface area contributed by atoms with Gasteiger partial charge in [0.05, 0.1) is 6.54 Å². The molecule has 1 unspecified atom stereocenters. The number of aromatic nitrogens is 3. The summed E-state index contributed by atoms with van der Waals surface area (Å²) in [5, 5.41) is 6.67. The maximum Gasteiger partial charge on any atom is 0.451 e. The van der Waals surface area contributed by atoms with E-state index in [-0.39, 0.29) is 55.3 Å². The normalized spacial score (nSPS) is 15.5. The minimum atomic E-state index is -4.61. The Morgan fingerprint density at radius 1 is 1.21 bits per heavy atom. The molecule has 1 aliphatic heterocycles. The van der Waals surface area contributed by atoms with Gasteiger partial charge in [0.2, 0.25) is 11.7 Å². The lowest BCUT2D eigenvalue weighted by molar-refractivity contribution is -0.148. The number of hydrogen-bond donors (Lipinski definition) is 1. The highest BCUT2D eigenvalue weighted by Crippen LogP contribution is 2.29. The van der Waals surface area contributed by atoms with E-state index < -0.39 is 29.7 Å². The first kappa shape index (κ1) is 20.2. The van der Waals surface area contributed by atoms with Crippen molar-refractivity contribution in [1.82, 2.24) is 19.7 Å². The van der Waals surface area contributed by atoms with Crippen molar-refractivity contribution < 1.29 is 26.7 Å². The smallest absolute Gasteiger partial charge is 0.333 e. The molecule has 0 radical (unpaired) electrons. The van der Waals surface area contributed by atoms with Gasteiger partial charge in [0.15, 0.2) is 5.82 Å². The zero-order valence-electron chi connectivity index (χ0n) is 14.9. The Labute approximate surface area is 157 Å². The Hall–Kier alpha value is -2.56. The Morgan fingerprint density at radius 2 is 1.93 bits per heavy atom. The average molecular weight is 403 g/mol. The van der Waals surface area contributed by atoms with E-state index in [4.69, 9.17) is 5.73 Å². The van der Waals surface area contributed by atoms with E-state index in [0.717, 1.165) is 10.6 Å². The van der Waals surface area contributed by atoms with Gasteiger partial charge in [-0.15, -0.1) is 10.2 Å². The molecule has 0 aliphatic carbocycles. The number of fused-ring (bicyclic) bond motifs is 1. The molecule has 0 saturated heterocycles. The third-order valence-corrected chi connectivity index (χ3v) is 4.61. The Morgan fingerprint density at radius 3 is 2.61 bits per heavy atom. The van der Waals surface area contributed by atoms with Crippen molar-refractivity contribution in [3.05, 3.63) is 46.5 Å². The summed E-state index contributed by atoms with van der Waals surface area (Å²) in [4.78, 5) is 13.8. The molecular formula is C17H18F5N5O. The third-order valence-electron chi connectivity index (χ3n) is 4.61. The van der Waals surface area contributed by atoms with Gasteiger partial charge in [-0.25, -0.2) is 8.78 Å².